The van der Waals surface area contributed by atoms with E-state index in [1.807, 2.05) is 11.8 Å². The van der Waals surface area contributed by atoms with Gasteiger partial charge in [-0.05, 0) is 37.7 Å². The van der Waals surface area contributed by atoms with Gasteiger partial charge < -0.3 is 9.80 Å². The van der Waals surface area contributed by atoms with Crippen molar-refractivity contribution in [1.29, 1.82) is 0 Å². The summed E-state index contributed by atoms with van der Waals surface area (Å²) in [6.07, 6.45) is 8.63. The Morgan fingerprint density at radius 2 is 2.00 bits per heavy atom. The van der Waals surface area contributed by atoms with Crippen LogP contribution in [0.4, 0.5) is 0 Å². The fourth-order valence-corrected chi connectivity index (χ4v) is 3.45. The Morgan fingerprint density at radius 3 is 2.79 bits per heavy atom. The van der Waals surface area contributed by atoms with Crippen LogP contribution in [-0.2, 0) is 9.59 Å². The molecular weight excluding hydrogens is 260 g/mol. The minimum absolute atomic E-state index is 0.141. The lowest BCUT2D eigenvalue weighted by atomic mass is 10.1. The van der Waals surface area contributed by atoms with Crippen molar-refractivity contribution in [2.45, 2.75) is 44.6 Å². The van der Waals surface area contributed by atoms with Gasteiger partial charge in [-0.15, -0.1) is 0 Å². The molecule has 2 aliphatic heterocycles. The molecule has 5 heteroatoms. The maximum absolute atomic E-state index is 12.2. The van der Waals surface area contributed by atoms with Crippen molar-refractivity contribution in [2.24, 2.45) is 0 Å². The number of carbonyl (C=O) groups excluding carboxylic acids is 2. The van der Waals surface area contributed by atoms with Gasteiger partial charge in [0.15, 0.2) is 0 Å². The van der Waals surface area contributed by atoms with Crippen molar-refractivity contribution in [3.05, 3.63) is 0 Å². The van der Waals surface area contributed by atoms with Crippen LogP contribution >= 0.6 is 11.8 Å². The molecule has 2 amide bonds. The van der Waals surface area contributed by atoms with Crippen LogP contribution in [-0.4, -0.2) is 59.3 Å². The molecule has 0 saturated carbocycles. The van der Waals surface area contributed by atoms with E-state index >= 15 is 0 Å². The summed E-state index contributed by atoms with van der Waals surface area (Å²) in [7, 11) is 0. The van der Waals surface area contributed by atoms with Gasteiger partial charge in [0.25, 0.3) is 0 Å². The highest BCUT2D eigenvalue weighted by Gasteiger charge is 2.41. The first-order valence-electron chi connectivity index (χ1n) is 7.31. The fraction of sp³-hybridized carbons (Fsp3) is 0.857. The molecule has 0 aliphatic carbocycles. The molecule has 2 heterocycles. The number of thioether (sulfide) groups is 1. The van der Waals surface area contributed by atoms with E-state index < -0.39 is 0 Å². The van der Waals surface area contributed by atoms with Crippen LogP contribution in [0.1, 0.15) is 38.5 Å². The topological polar surface area (TPSA) is 40.6 Å². The Morgan fingerprint density at radius 1 is 1.21 bits per heavy atom. The first kappa shape index (κ1) is 14.7. The zero-order chi connectivity index (χ0) is 13.7. The van der Waals surface area contributed by atoms with Crippen LogP contribution < -0.4 is 0 Å². The average molecular weight is 284 g/mol. The summed E-state index contributed by atoms with van der Waals surface area (Å²) in [5.41, 5.74) is 0. The molecule has 4 nitrogen and oxygen atoms in total. The van der Waals surface area contributed by atoms with E-state index in [9.17, 15) is 9.59 Å². The number of amides is 2. The highest BCUT2D eigenvalue weighted by Crippen LogP contribution is 2.23. The third kappa shape index (κ3) is 3.65. The monoisotopic (exact) mass is 284 g/mol. The minimum Gasteiger partial charge on any atom is -0.332 e. The average Bonchev–Trinajstić information content (AvgIpc) is 2.89. The number of rotatable bonds is 7. The number of unbranched alkanes of at least 4 members (excludes halogenated alkanes) is 3. The quantitative estimate of drug-likeness (QED) is 0.669. The maximum atomic E-state index is 12.2. The van der Waals surface area contributed by atoms with Gasteiger partial charge in [-0.25, -0.2) is 0 Å². The normalized spacial score (nSPS) is 23.1. The van der Waals surface area contributed by atoms with Crippen molar-refractivity contribution in [3.63, 3.8) is 0 Å². The van der Waals surface area contributed by atoms with E-state index in [4.69, 9.17) is 0 Å². The summed E-state index contributed by atoms with van der Waals surface area (Å²) in [4.78, 5) is 27.7. The number of piperazine rings is 1. The molecule has 2 rings (SSSR count). The molecule has 0 radical (unpaired) electrons. The number of nitrogens with zero attached hydrogens (tertiary/aromatic N) is 2. The maximum Gasteiger partial charge on any atom is 0.245 e. The van der Waals surface area contributed by atoms with E-state index in [1.165, 1.54) is 18.6 Å². The van der Waals surface area contributed by atoms with Gasteiger partial charge in [0, 0.05) is 13.1 Å². The zero-order valence-corrected chi connectivity index (χ0v) is 12.6. The van der Waals surface area contributed by atoms with E-state index in [0.717, 1.165) is 38.8 Å². The summed E-state index contributed by atoms with van der Waals surface area (Å²) in [6, 6.07) is -0.141. The molecule has 0 aromatic carbocycles. The number of hydrogen-bond donors (Lipinski definition) is 0. The Balaban J connectivity index is 1.71. The molecule has 1 atom stereocenters. The van der Waals surface area contributed by atoms with Gasteiger partial charge in [-0.2, -0.15) is 11.8 Å². The van der Waals surface area contributed by atoms with Crippen LogP contribution in [0.15, 0.2) is 0 Å². The Bertz CT molecular complexity index is 335. The second kappa shape index (κ2) is 7.17. The Labute approximate surface area is 119 Å². The Kier molecular flexibility index (Phi) is 5.55. The van der Waals surface area contributed by atoms with E-state index in [0.29, 0.717) is 6.54 Å². The van der Waals surface area contributed by atoms with Gasteiger partial charge in [-0.3, -0.25) is 9.59 Å². The predicted octanol–water partition coefficient (Wildman–Crippen LogP) is 1.74. The highest BCUT2D eigenvalue weighted by molar-refractivity contribution is 7.98. The van der Waals surface area contributed by atoms with Crippen molar-refractivity contribution >= 4 is 23.6 Å². The van der Waals surface area contributed by atoms with Crippen LogP contribution in [0.2, 0.25) is 0 Å². The lowest BCUT2D eigenvalue weighted by molar-refractivity contribution is -0.153. The summed E-state index contributed by atoms with van der Waals surface area (Å²) in [5.74, 6) is 1.55. The molecule has 2 fully saturated rings. The number of carbonyl (C=O) groups is 2. The molecule has 0 bridgehead atoms. The lowest BCUT2D eigenvalue weighted by Crippen LogP contribution is -2.57. The van der Waals surface area contributed by atoms with E-state index in [1.54, 1.807) is 9.80 Å². The molecule has 19 heavy (non-hydrogen) atoms. The second-order valence-corrected chi connectivity index (χ2v) is 6.40. The standard InChI is InChI=1S/C14H24N2O2S/c1-19-10-5-3-2-4-8-15-11-13(17)16-9-6-7-12(16)14(15)18/h12H,2-11H2,1H3. The van der Waals surface area contributed by atoms with Crippen molar-refractivity contribution < 1.29 is 9.59 Å². The van der Waals surface area contributed by atoms with Crippen molar-refractivity contribution in [1.82, 2.24) is 9.80 Å². The van der Waals surface area contributed by atoms with Gasteiger partial charge in [0.05, 0.1) is 6.54 Å². The first-order chi connectivity index (χ1) is 9.24. The smallest absolute Gasteiger partial charge is 0.245 e. The number of hydrogen-bond acceptors (Lipinski definition) is 3. The summed E-state index contributed by atoms with van der Waals surface area (Å²) >= 11 is 1.88. The molecule has 108 valence electrons. The summed E-state index contributed by atoms with van der Waals surface area (Å²) in [5, 5.41) is 0. The van der Waals surface area contributed by atoms with Gasteiger partial charge >= 0.3 is 0 Å². The molecule has 0 N–H and O–H groups in total. The fourth-order valence-electron chi connectivity index (χ4n) is 2.96. The van der Waals surface area contributed by atoms with Gasteiger partial charge in [-0.1, -0.05) is 12.8 Å². The second-order valence-electron chi connectivity index (χ2n) is 5.41. The third-order valence-corrected chi connectivity index (χ3v) is 4.72. The lowest BCUT2D eigenvalue weighted by Gasteiger charge is -2.36. The summed E-state index contributed by atoms with van der Waals surface area (Å²) in [6.45, 7) is 1.84. The predicted molar refractivity (Wildman–Crippen MR) is 78.2 cm³/mol. The van der Waals surface area contributed by atoms with Crippen molar-refractivity contribution in [3.8, 4) is 0 Å². The van der Waals surface area contributed by atoms with Crippen LogP contribution in [0.25, 0.3) is 0 Å². The van der Waals surface area contributed by atoms with Crippen LogP contribution in [0.5, 0.6) is 0 Å². The largest absolute Gasteiger partial charge is 0.332 e. The molecular formula is C14H24N2O2S. The van der Waals surface area contributed by atoms with Crippen LogP contribution in [0, 0.1) is 0 Å². The molecule has 0 aromatic rings. The van der Waals surface area contributed by atoms with Gasteiger partial charge in [0.1, 0.15) is 6.04 Å². The zero-order valence-electron chi connectivity index (χ0n) is 11.8. The van der Waals surface area contributed by atoms with Crippen LogP contribution in [0.3, 0.4) is 0 Å². The molecule has 0 spiro atoms. The number of fused-ring (bicyclic) bond motifs is 1. The molecule has 0 aromatic heterocycles. The first-order valence-corrected chi connectivity index (χ1v) is 8.70. The SMILES string of the molecule is CSCCCCCCN1CC(=O)N2CCCC2C1=O. The minimum atomic E-state index is -0.141. The molecule has 2 saturated heterocycles. The van der Waals surface area contributed by atoms with E-state index in [-0.39, 0.29) is 17.9 Å². The molecule has 2 aliphatic rings. The Hall–Kier alpha value is -0.710. The van der Waals surface area contributed by atoms with Crippen molar-refractivity contribution in [2.75, 3.05) is 31.6 Å². The highest BCUT2D eigenvalue weighted by atomic mass is 32.2. The van der Waals surface area contributed by atoms with Gasteiger partial charge in [0.2, 0.25) is 11.8 Å². The molecule has 1 unspecified atom stereocenters. The third-order valence-electron chi connectivity index (χ3n) is 4.02. The summed E-state index contributed by atoms with van der Waals surface area (Å²) < 4.78 is 0. The van der Waals surface area contributed by atoms with E-state index in [2.05, 4.69) is 6.26 Å².